The van der Waals surface area contributed by atoms with Crippen LogP contribution < -0.4 is 9.96 Å². The van der Waals surface area contributed by atoms with Crippen LogP contribution in [-0.4, -0.2) is 14.7 Å². The van der Waals surface area contributed by atoms with Gasteiger partial charge in [-0.2, -0.15) is 8.97 Å². The van der Waals surface area contributed by atoms with Crippen LogP contribution in [0.15, 0.2) is 59.7 Å². The van der Waals surface area contributed by atoms with Crippen LogP contribution in [0.25, 0.3) is 16.8 Å². The topological polar surface area (TPSA) is 59.2 Å². The summed E-state index contributed by atoms with van der Waals surface area (Å²) in [6, 6.07) is 12.9. The van der Waals surface area contributed by atoms with Crippen molar-refractivity contribution in [3.8, 4) is 17.0 Å². The number of thiazole rings is 1. The summed E-state index contributed by atoms with van der Waals surface area (Å²) in [6.45, 7) is 2.28. The predicted molar refractivity (Wildman–Crippen MR) is 102 cm³/mol. The zero-order valence-electron chi connectivity index (χ0n) is 13.9. The van der Waals surface area contributed by atoms with Crippen LogP contribution in [0.4, 0.5) is 0 Å². The smallest absolute Gasteiger partial charge is 0.354 e. The molecule has 26 heavy (non-hydrogen) atoms. The van der Waals surface area contributed by atoms with Crippen LogP contribution >= 0.6 is 22.9 Å². The molecule has 0 atom stereocenters. The second kappa shape index (κ2) is 6.55. The predicted octanol–water partition coefficient (Wildman–Crippen LogP) is 3.43. The van der Waals surface area contributed by atoms with Gasteiger partial charge in [0.05, 0.1) is 11.1 Å². The van der Waals surface area contributed by atoms with Crippen molar-refractivity contribution in [2.75, 3.05) is 0 Å². The monoisotopic (exact) mass is 384 g/mol. The summed E-state index contributed by atoms with van der Waals surface area (Å²) in [4.78, 5) is 18.0. The Hall–Kier alpha value is -2.70. The number of fused-ring (bicyclic) bond motifs is 1. The molecule has 0 unspecified atom stereocenters. The van der Waals surface area contributed by atoms with E-state index in [9.17, 15) is 9.90 Å². The van der Waals surface area contributed by atoms with E-state index in [0.29, 0.717) is 22.2 Å². The highest BCUT2D eigenvalue weighted by Gasteiger charge is 2.26. The van der Waals surface area contributed by atoms with E-state index in [1.807, 2.05) is 49.4 Å². The van der Waals surface area contributed by atoms with E-state index in [4.69, 9.17) is 11.6 Å². The van der Waals surface area contributed by atoms with Crippen molar-refractivity contribution in [2.24, 2.45) is 0 Å². The van der Waals surface area contributed by atoms with Gasteiger partial charge in [-0.25, -0.2) is 9.78 Å². The highest BCUT2D eigenvalue weighted by molar-refractivity contribution is 7.15. The van der Waals surface area contributed by atoms with Crippen molar-refractivity contribution in [3.05, 3.63) is 80.1 Å². The number of benzene rings is 1. The number of pyridine rings is 1. The average molecular weight is 385 g/mol. The van der Waals surface area contributed by atoms with Crippen molar-refractivity contribution < 1.29 is 9.51 Å². The molecule has 0 saturated carbocycles. The number of aromatic nitrogens is 3. The lowest BCUT2D eigenvalue weighted by Crippen LogP contribution is -2.44. The fourth-order valence-electron chi connectivity index (χ4n) is 3.09. The Labute approximate surface area is 158 Å². The first-order valence-corrected chi connectivity index (χ1v) is 9.18. The van der Waals surface area contributed by atoms with E-state index >= 15 is 0 Å². The van der Waals surface area contributed by atoms with Crippen LogP contribution in [0.2, 0.25) is 4.47 Å². The third kappa shape index (κ3) is 2.77. The lowest BCUT2D eigenvalue weighted by atomic mass is 10.1. The SMILES string of the molecule is Cc1ccc[n+]2c(=O)c(-c3ccccc3)c(O)n(Cc3cnc(Cl)s3)c12. The van der Waals surface area contributed by atoms with E-state index in [0.717, 1.165) is 10.4 Å². The molecule has 1 aromatic carbocycles. The number of rotatable bonds is 3. The second-order valence-electron chi connectivity index (χ2n) is 5.92. The molecule has 0 fully saturated rings. The Morgan fingerprint density at radius 2 is 2.00 bits per heavy atom. The first-order chi connectivity index (χ1) is 12.6. The maximum Gasteiger partial charge on any atom is 0.354 e. The Bertz CT molecular complexity index is 1170. The molecule has 1 N–H and O–H groups in total. The first-order valence-electron chi connectivity index (χ1n) is 7.98. The zero-order valence-corrected chi connectivity index (χ0v) is 15.5. The van der Waals surface area contributed by atoms with Gasteiger partial charge in [-0.3, -0.25) is 0 Å². The van der Waals surface area contributed by atoms with Gasteiger partial charge in [0, 0.05) is 11.8 Å². The van der Waals surface area contributed by atoms with Crippen molar-refractivity contribution in [2.45, 2.75) is 13.5 Å². The number of hydrogen-bond donors (Lipinski definition) is 1. The zero-order chi connectivity index (χ0) is 18.3. The standard InChI is InChI=1S/C19H14ClN3O2S/c1-12-6-5-9-22-16(12)23(11-14-10-21-19(20)26-14)18(25)15(17(22)24)13-7-3-2-4-8-13/h2-10H,11H2,1H3/p+1. The quantitative estimate of drug-likeness (QED) is 0.550. The number of hydrogen-bond acceptors (Lipinski definition) is 4. The number of halogens is 1. The molecule has 130 valence electrons. The Morgan fingerprint density at radius 3 is 2.69 bits per heavy atom. The Kier molecular flexibility index (Phi) is 4.22. The van der Waals surface area contributed by atoms with Gasteiger partial charge in [0.15, 0.2) is 10.0 Å². The number of aromatic hydroxyl groups is 1. The highest BCUT2D eigenvalue weighted by atomic mass is 35.5. The molecule has 0 aliphatic heterocycles. The van der Waals surface area contributed by atoms with Crippen LogP contribution in [0.1, 0.15) is 10.4 Å². The maximum atomic E-state index is 13.1. The minimum atomic E-state index is -0.258. The van der Waals surface area contributed by atoms with Gasteiger partial charge in [-0.1, -0.05) is 41.9 Å². The van der Waals surface area contributed by atoms with Gasteiger partial charge in [0.2, 0.25) is 0 Å². The molecule has 4 rings (SSSR count). The largest absolute Gasteiger partial charge is 0.477 e. The van der Waals surface area contributed by atoms with Crippen molar-refractivity contribution in [3.63, 3.8) is 0 Å². The molecule has 0 aliphatic carbocycles. The number of aryl methyl sites for hydroxylation is 1. The molecule has 3 heterocycles. The Balaban J connectivity index is 2.07. The van der Waals surface area contributed by atoms with Gasteiger partial charge in [0.1, 0.15) is 6.54 Å². The molecule has 5 nitrogen and oxygen atoms in total. The lowest BCUT2D eigenvalue weighted by Gasteiger charge is -2.10. The summed E-state index contributed by atoms with van der Waals surface area (Å²) >= 11 is 7.30. The minimum Gasteiger partial charge on any atom is -0.477 e. The summed E-state index contributed by atoms with van der Waals surface area (Å²) in [5, 5.41) is 11.0. The van der Waals surface area contributed by atoms with Crippen molar-refractivity contribution in [1.82, 2.24) is 9.55 Å². The van der Waals surface area contributed by atoms with Gasteiger partial charge >= 0.3 is 5.56 Å². The van der Waals surface area contributed by atoms with Crippen LogP contribution in [0.5, 0.6) is 5.88 Å². The van der Waals surface area contributed by atoms with Gasteiger partial charge in [-0.05, 0) is 24.6 Å². The van der Waals surface area contributed by atoms with Crippen LogP contribution in [-0.2, 0) is 6.54 Å². The van der Waals surface area contributed by atoms with E-state index < -0.39 is 0 Å². The molecule has 3 aromatic heterocycles. The molecule has 4 aromatic rings. The summed E-state index contributed by atoms with van der Waals surface area (Å²) in [5.41, 5.74) is 2.20. The minimum absolute atomic E-state index is 0.0694. The fourth-order valence-corrected chi connectivity index (χ4v) is 4.05. The maximum absolute atomic E-state index is 13.1. The molecule has 0 amide bonds. The van der Waals surface area contributed by atoms with E-state index in [2.05, 4.69) is 4.98 Å². The molecule has 0 bridgehead atoms. The van der Waals surface area contributed by atoms with E-state index in [-0.39, 0.29) is 17.0 Å². The van der Waals surface area contributed by atoms with Crippen molar-refractivity contribution in [1.29, 1.82) is 0 Å². The molecular weight excluding hydrogens is 370 g/mol. The van der Waals surface area contributed by atoms with E-state index in [1.54, 1.807) is 21.4 Å². The molecule has 0 radical (unpaired) electrons. The summed E-state index contributed by atoms with van der Waals surface area (Å²) in [5.74, 6) is -0.0694. The van der Waals surface area contributed by atoms with Gasteiger partial charge in [-0.15, -0.1) is 11.3 Å². The normalized spacial score (nSPS) is 11.2. The molecular formula is C19H15ClN3O2S+. The molecule has 0 spiro atoms. The fraction of sp³-hybridized carbons (Fsp3) is 0.105. The summed E-state index contributed by atoms with van der Waals surface area (Å²) in [6.07, 6.45) is 3.40. The van der Waals surface area contributed by atoms with Crippen LogP contribution in [0, 0.1) is 6.92 Å². The third-order valence-electron chi connectivity index (χ3n) is 4.23. The highest BCUT2D eigenvalue weighted by Crippen LogP contribution is 2.28. The van der Waals surface area contributed by atoms with Gasteiger partial charge in [0.25, 0.3) is 11.5 Å². The molecule has 0 saturated heterocycles. The lowest BCUT2D eigenvalue weighted by molar-refractivity contribution is -0.532. The summed E-state index contributed by atoms with van der Waals surface area (Å²) in [7, 11) is 0. The van der Waals surface area contributed by atoms with Crippen LogP contribution in [0.3, 0.4) is 0 Å². The molecule has 0 aliphatic rings. The summed E-state index contributed by atoms with van der Waals surface area (Å²) < 4.78 is 3.74. The Morgan fingerprint density at radius 1 is 1.23 bits per heavy atom. The second-order valence-corrected chi connectivity index (χ2v) is 7.62. The van der Waals surface area contributed by atoms with Crippen molar-refractivity contribution >= 4 is 28.6 Å². The average Bonchev–Trinajstić information content (AvgIpc) is 3.05. The third-order valence-corrected chi connectivity index (χ3v) is 5.33. The first kappa shape index (κ1) is 16.8. The van der Waals surface area contributed by atoms with E-state index in [1.165, 1.54) is 11.3 Å². The number of nitrogens with zero attached hydrogens (tertiary/aromatic N) is 3. The molecule has 7 heteroatoms. The van der Waals surface area contributed by atoms with Gasteiger partial charge < -0.3 is 5.11 Å².